The molecule has 4 nitrogen and oxygen atoms in total. The van der Waals surface area contributed by atoms with Gasteiger partial charge in [0.1, 0.15) is 0 Å². The molecule has 0 spiro atoms. The third kappa shape index (κ3) is 5.91. The number of carbonyl (C=O) groups is 1. The zero-order valence-corrected chi connectivity index (χ0v) is 13.1. The molecule has 0 fully saturated rings. The topological polar surface area (TPSA) is 64.3 Å². The summed E-state index contributed by atoms with van der Waals surface area (Å²) in [6.45, 7) is 7.31. The van der Waals surface area contributed by atoms with Crippen LogP contribution in [0.25, 0.3) is 0 Å². The van der Waals surface area contributed by atoms with E-state index in [1.807, 2.05) is 0 Å². The van der Waals surface area contributed by atoms with E-state index in [2.05, 4.69) is 26.1 Å². The molecular formula is C15H32N2O2. The average Bonchev–Trinajstić information content (AvgIpc) is 2.38. The Morgan fingerprint density at radius 1 is 1.21 bits per heavy atom. The Hall–Kier alpha value is -0.610. The van der Waals surface area contributed by atoms with Crippen LogP contribution in [0.3, 0.4) is 0 Å². The van der Waals surface area contributed by atoms with E-state index in [0.29, 0.717) is 13.2 Å². The first kappa shape index (κ1) is 18.4. The van der Waals surface area contributed by atoms with E-state index in [0.717, 1.165) is 38.5 Å². The summed E-state index contributed by atoms with van der Waals surface area (Å²) in [5.74, 6) is 0.106. The molecule has 0 saturated carbocycles. The number of carbonyl (C=O) groups excluding carboxylic acids is 1. The number of rotatable bonds is 11. The van der Waals surface area contributed by atoms with Crippen molar-refractivity contribution in [2.45, 2.75) is 65.3 Å². The van der Waals surface area contributed by atoms with E-state index < -0.39 is 5.41 Å². The zero-order chi connectivity index (χ0) is 14.7. The molecule has 0 bridgehead atoms. The van der Waals surface area contributed by atoms with Gasteiger partial charge in [0.05, 0.1) is 18.1 Å². The average molecular weight is 272 g/mol. The van der Waals surface area contributed by atoms with Gasteiger partial charge in [0.2, 0.25) is 5.91 Å². The summed E-state index contributed by atoms with van der Waals surface area (Å²) in [7, 11) is 1.67. The fourth-order valence-electron chi connectivity index (χ4n) is 2.69. The van der Waals surface area contributed by atoms with Gasteiger partial charge in [-0.2, -0.15) is 0 Å². The first-order chi connectivity index (χ1) is 9.10. The number of amides is 1. The van der Waals surface area contributed by atoms with Crippen LogP contribution < -0.4 is 11.1 Å². The highest BCUT2D eigenvalue weighted by atomic mass is 16.5. The molecule has 0 aliphatic carbocycles. The molecule has 0 aromatic heterocycles. The highest BCUT2D eigenvalue weighted by Gasteiger charge is 2.36. The number of methoxy groups -OCH3 is 1. The summed E-state index contributed by atoms with van der Waals surface area (Å²) in [5.41, 5.74) is 5.51. The molecule has 0 aliphatic rings. The van der Waals surface area contributed by atoms with Crippen molar-refractivity contribution in [1.82, 2.24) is 5.32 Å². The van der Waals surface area contributed by atoms with Gasteiger partial charge in [-0.3, -0.25) is 4.79 Å². The van der Waals surface area contributed by atoms with Crippen LogP contribution in [0.2, 0.25) is 0 Å². The van der Waals surface area contributed by atoms with Crippen LogP contribution in [0.1, 0.15) is 59.3 Å². The molecule has 0 aliphatic heterocycles. The molecule has 19 heavy (non-hydrogen) atoms. The SMILES string of the molecule is CCCC(COC)NC(=O)C(CN)(CCC)CCC. The molecule has 1 amide bonds. The van der Waals surface area contributed by atoms with Crippen molar-refractivity contribution in [1.29, 1.82) is 0 Å². The third-order valence-corrected chi connectivity index (χ3v) is 3.67. The molecule has 1 atom stereocenters. The minimum atomic E-state index is -0.400. The Kier molecular flexibility index (Phi) is 9.88. The van der Waals surface area contributed by atoms with Crippen molar-refractivity contribution in [3.05, 3.63) is 0 Å². The van der Waals surface area contributed by atoms with Gasteiger partial charge in [0, 0.05) is 13.7 Å². The maximum Gasteiger partial charge on any atom is 0.227 e. The molecular weight excluding hydrogens is 240 g/mol. The van der Waals surface area contributed by atoms with Gasteiger partial charge >= 0.3 is 0 Å². The van der Waals surface area contributed by atoms with Gasteiger partial charge in [0.25, 0.3) is 0 Å². The van der Waals surface area contributed by atoms with Crippen molar-refractivity contribution in [3.63, 3.8) is 0 Å². The summed E-state index contributed by atoms with van der Waals surface area (Å²) < 4.78 is 5.18. The van der Waals surface area contributed by atoms with Crippen molar-refractivity contribution >= 4 is 5.91 Å². The molecule has 0 aromatic rings. The highest BCUT2D eigenvalue weighted by Crippen LogP contribution is 2.29. The second-order valence-corrected chi connectivity index (χ2v) is 5.40. The lowest BCUT2D eigenvalue weighted by molar-refractivity contribution is -0.132. The predicted octanol–water partition coefficient (Wildman–Crippen LogP) is 2.46. The largest absolute Gasteiger partial charge is 0.383 e. The number of nitrogens with two attached hydrogens (primary N) is 1. The quantitative estimate of drug-likeness (QED) is 0.607. The number of ether oxygens (including phenoxy) is 1. The van der Waals surface area contributed by atoms with E-state index in [1.165, 1.54) is 0 Å². The highest BCUT2D eigenvalue weighted by molar-refractivity contribution is 5.83. The fourth-order valence-corrected chi connectivity index (χ4v) is 2.69. The summed E-state index contributed by atoms with van der Waals surface area (Å²) in [4.78, 5) is 12.6. The van der Waals surface area contributed by atoms with Crippen LogP contribution in [-0.2, 0) is 9.53 Å². The standard InChI is InChI=1S/C15H32N2O2/c1-5-8-13(11-19-4)17-14(18)15(12-16,9-6-2)10-7-3/h13H,5-12,16H2,1-4H3,(H,17,18). The van der Waals surface area contributed by atoms with E-state index in [4.69, 9.17) is 10.5 Å². The molecule has 1 unspecified atom stereocenters. The van der Waals surface area contributed by atoms with Crippen LogP contribution in [0, 0.1) is 5.41 Å². The van der Waals surface area contributed by atoms with Gasteiger partial charge in [-0.05, 0) is 19.3 Å². The maximum absolute atomic E-state index is 12.6. The number of nitrogens with one attached hydrogen (secondary N) is 1. The molecule has 114 valence electrons. The smallest absolute Gasteiger partial charge is 0.227 e. The molecule has 0 saturated heterocycles. The Labute approximate surface area is 118 Å². The molecule has 4 heteroatoms. The van der Waals surface area contributed by atoms with Gasteiger partial charge in [-0.1, -0.05) is 40.0 Å². The zero-order valence-electron chi connectivity index (χ0n) is 13.1. The van der Waals surface area contributed by atoms with Crippen LogP contribution in [0.15, 0.2) is 0 Å². The minimum Gasteiger partial charge on any atom is -0.383 e. The maximum atomic E-state index is 12.6. The lowest BCUT2D eigenvalue weighted by Gasteiger charge is -2.32. The Bertz CT molecular complexity index is 232. The van der Waals surface area contributed by atoms with Gasteiger partial charge in [0.15, 0.2) is 0 Å². The lowest BCUT2D eigenvalue weighted by Crippen LogP contribution is -2.50. The van der Waals surface area contributed by atoms with E-state index >= 15 is 0 Å². The Balaban J connectivity index is 4.76. The van der Waals surface area contributed by atoms with E-state index in [-0.39, 0.29) is 11.9 Å². The first-order valence-corrected chi connectivity index (χ1v) is 7.60. The molecule has 0 rings (SSSR count). The molecule has 0 radical (unpaired) electrons. The van der Waals surface area contributed by atoms with Crippen LogP contribution >= 0.6 is 0 Å². The molecule has 0 heterocycles. The van der Waals surface area contributed by atoms with Crippen LogP contribution in [0.4, 0.5) is 0 Å². The van der Waals surface area contributed by atoms with Crippen LogP contribution in [0.5, 0.6) is 0 Å². The van der Waals surface area contributed by atoms with E-state index in [1.54, 1.807) is 7.11 Å². The van der Waals surface area contributed by atoms with Gasteiger partial charge in [-0.15, -0.1) is 0 Å². The van der Waals surface area contributed by atoms with Crippen molar-refractivity contribution in [3.8, 4) is 0 Å². The van der Waals surface area contributed by atoms with Gasteiger partial charge < -0.3 is 15.8 Å². The minimum absolute atomic E-state index is 0.0992. The van der Waals surface area contributed by atoms with Crippen LogP contribution in [-0.4, -0.2) is 32.2 Å². The second-order valence-electron chi connectivity index (χ2n) is 5.40. The predicted molar refractivity (Wildman–Crippen MR) is 80.0 cm³/mol. The summed E-state index contributed by atoms with van der Waals surface area (Å²) >= 11 is 0. The van der Waals surface area contributed by atoms with Crippen molar-refractivity contribution in [2.75, 3.05) is 20.3 Å². The first-order valence-electron chi connectivity index (χ1n) is 7.60. The van der Waals surface area contributed by atoms with Crippen molar-refractivity contribution < 1.29 is 9.53 Å². The second kappa shape index (κ2) is 10.2. The number of hydrogen-bond acceptors (Lipinski definition) is 3. The summed E-state index contributed by atoms with van der Waals surface area (Å²) in [6.07, 6.45) is 5.65. The third-order valence-electron chi connectivity index (χ3n) is 3.67. The molecule has 3 N–H and O–H groups in total. The normalized spacial score (nSPS) is 13.3. The Morgan fingerprint density at radius 3 is 2.16 bits per heavy atom. The summed E-state index contributed by atoms with van der Waals surface area (Å²) in [5, 5.41) is 3.14. The fraction of sp³-hybridized carbons (Fsp3) is 0.933. The summed E-state index contributed by atoms with van der Waals surface area (Å²) in [6, 6.07) is 0.0992. The monoisotopic (exact) mass is 272 g/mol. The lowest BCUT2D eigenvalue weighted by atomic mass is 9.78. The number of hydrogen-bond donors (Lipinski definition) is 2. The van der Waals surface area contributed by atoms with Gasteiger partial charge in [-0.25, -0.2) is 0 Å². The molecule has 0 aromatic carbocycles. The van der Waals surface area contributed by atoms with E-state index in [9.17, 15) is 4.79 Å². The van der Waals surface area contributed by atoms with Crippen molar-refractivity contribution in [2.24, 2.45) is 11.1 Å². The Morgan fingerprint density at radius 2 is 1.79 bits per heavy atom.